The molecule has 0 radical (unpaired) electrons. The van der Waals surface area contributed by atoms with Gasteiger partial charge in [-0.25, -0.2) is 0 Å². The number of hydrogen-bond acceptors (Lipinski definition) is 2. The molecule has 2 nitrogen and oxygen atoms in total. The molecule has 0 bridgehead atoms. The molecule has 184 valence electrons. The van der Waals surface area contributed by atoms with Crippen LogP contribution in [-0.2, 0) is 0 Å². The molecule has 0 saturated heterocycles. The molecule has 0 unspecified atom stereocenters. The molecule has 2 aromatic carbocycles. The van der Waals surface area contributed by atoms with Crippen molar-refractivity contribution in [3.05, 3.63) is 70.8 Å². The molecule has 2 aromatic rings. The van der Waals surface area contributed by atoms with Crippen LogP contribution in [0.5, 0.6) is 11.5 Å². The van der Waals surface area contributed by atoms with Crippen molar-refractivity contribution in [2.75, 3.05) is 13.2 Å². The molecule has 8 heteroatoms. The summed E-state index contributed by atoms with van der Waals surface area (Å²) < 4.78 is 96.7. The lowest BCUT2D eigenvalue weighted by Gasteiger charge is -2.24. The molecule has 0 aromatic heterocycles. The van der Waals surface area contributed by atoms with Crippen molar-refractivity contribution < 1.29 is 35.8 Å². The summed E-state index contributed by atoms with van der Waals surface area (Å²) in [5.41, 5.74) is -3.08. The van der Waals surface area contributed by atoms with E-state index in [1.165, 1.54) is 48.5 Å². The first-order valence-electron chi connectivity index (χ1n) is 10.9. The first kappa shape index (κ1) is 26.1. The fourth-order valence-electron chi connectivity index (χ4n) is 3.09. The summed E-state index contributed by atoms with van der Waals surface area (Å²) in [6, 6.07) is 11.7. The molecule has 1 aliphatic carbocycles. The second kappa shape index (κ2) is 10.4. The van der Waals surface area contributed by atoms with Crippen LogP contribution >= 0.6 is 0 Å². The van der Waals surface area contributed by atoms with Crippen LogP contribution in [0.3, 0.4) is 0 Å². The summed E-state index contributed by atoms with van der Waals surface area (Å²) in [6.07, 6.45) is 1.54. The van der Waals surface area contributed by atoms with Gasteiger partial charge in [-0.3, -0.25) is 0 Å². The normalized spacial score (nSPS) is 17.1. The van der Waals surface area contributed by atoms with Gasteiger partial charge in [-0.2, -0.15) is 26.3 Å². The second-order valence-corrected chi connectivity index (χ2v) is 7.72. The van der Waals surface area contributed by atoms with Crippen LogP contribution in [0.15, 0.2) is 59.7 Å². The minimum absolute atomic E-state index is 0.158. The van der Waals surface area contributed by atoms with Gasteiger partial charge in [0.25, 0.3) is 0 Å². The lowest BCUT2D eigenvalue weighted by Crippen LogP contribution is -2.49. The highest BCUT2D eigenvalue weighted by atomic mass is 19.3. The molecule has 0 amide bonds. The fraction of sp³-hybridized carbons (Fsp3) is 0.333. The Balaban J connectivity index is 1.99. The maximum absolute atomic E-state index is 14.4. The molecular weight excluding hydrogens is 470 g/mol. The monoisotopic (exact) mass is 492 g/mol. The van der Waals surface area contributed by atoms with Crippen molar-refractivity contribution in [3.63, 3.8) is 0 Å². The minimum atomic E-state index is -5.68. The quantitative estimate of drug-likeness (QED) is 0.323. The van der Waals surface area contributed by atoms with Crippen LogP contribution in [0.1, 0.15) is 37.8 Å². The Morgan fingerprint density at radius 3 is 1.23 bits per heavy atom. The highest BCUT2D eigenvalue weighted by Gasteiger charge is 2.80. The van der Waals surface area contributed by atoms with Gasteiger partial charge in [0.15, 0.2) is 0 Å². The van der Waals surface area contributed by atoms with Gasteiger partial charge in [0.05, 0.1) is 24.4 Å². The van der Waals surface area contributed by atoms with E-state index in [9.17, 15) is 26.3 Å². The Bertz CT molecular complexity index is 1100. The van der Waals surface area contributed by atoms with Gasteiger partial charge in [-0.05, 0) is 61.4 Å². The second-order valence-electron chi connectivity index (χ2n) is 7.72. The summed E-state index contributed by atoms with van der Waals surface area (Å²) in [4.78, 5) is 0. The number of alkyl halides is 6. The minimum Gasteiger partial charge on any atom is -0.494 e. The summed E-state index contributed by atoms with van der Waals surface area (Å²) in [6.45, 7) is 4.76. The molecule has 0 spiro atoms. The highest BCUT2D eigenvalue weighted by molar-refractivity contribution is 5.60. The first-order valence-corrected chi connectivity index (χ1v) is 10.9. The zero-order valence-corrected chi connectivity index (χ0v) is 19.0. The van der Waals surface area contributed by atoms with E-state index >= 15 is 0 Å². The van der Waals surface area contributed by atoms with Crippen LogP contribution in [0, 0.1) is 23.7 Å². The van der Waals surface area contributed by atoms with Crippen molar-refractivity contribution in [1.29, 1.82) is 0 Å². The predicted molar refractivity (Wildman–Crippen MR) is 120 cm³/mol. The third-order valence-corrected chi connectivity index (χ3v) is 4.98. The van der Waals surface area contributed by atoms with Crippen molar-refractivity contribution in [2.24, 2.45) is 0 Å². The number of hydrogen-bond donors (Lipinski definition) is 0. The molecule has 0 fully saturated rings. The van der Waals surface area contributed by atoms with E-state index in [1.807, 2.05) is 25.7 Å². The lowest BCUT2D eigenvalue weighted by molar-refractivity contribution is -0.263. The number of benzene rings is 2. The van der Waals surface area contributed by atoms with Crippen LogP contribution in [0.2, 0.25) is 0 Å². The third kappa shape index (κ3) is 5.27. The SMILES string of the molecule is CCCOc1ccc(C#CC2=C(C#Cc3ccc(OCCC)cc3)C(F)(F)C(F)(F)C2(F)F)cc1. The summed E-state index contributed by atoms with van der Waals surface area (Å²) in [5.74, 6) is -6.88. The predicted octanol–water partition coefficient (Wildman–Crippen LogP) is 6.88. The van der Waals surface area contributed by atoms with Gasteiger partial charge in [0.2, 0.25) is 0 Å². The number of halogens is 6. The maximum Gasteiger partial charge on any atom is 0.382 e. The van der Waals surface area contributed by atoms with Gasteiger partial charge in [0.1, 0.15) is 11.5 Å². The van der Waals surface area contributed by atoms with Crippen molar-refractivity contribution in [3.8, 4) is 35.2 Å². The molecule has 0 aliphatic heterocycles. The molecule has 1 aliphatic rings. The van der Waals surface area contributed by atoms with Crippen molar-refractivity contribution >= 4 is 0 Å². The average molecular weight is 492 g/mol. The zero-order valence-electron chi connectivity index (χ0n) is 19.0. The maximum atomic E-state index is 14.4. The van der Waals surface area contributed by atoms with E-state index in [0.717, 1.165) is 12.8 Å². The number of rotatable bonds is 6. The molecule has 0 heterocycles. The molecule has 35 heavy (non-hydrogen) atoms. The Kier molecular flexibility index (Phi) is 7.75. The van der Waals surface area contributed by atoms with Gasteiger partial charge < -0.3 is 9.47 Å². The van der Waals surface area contributed by atoms with Crippen LogP contribution in [-0.4, -0.2) is 31.0 Å². The lowest BCUT2D eigenvalue weighted by atomic mass is 10.1. The topological polar surface area (TPSA) is 18.5 Å². The molecule has 0 N–H and O–H groups in total. The Labute approximate surface area is 199 Å². The highest BCUT2D eigenvalue weighted by Crippen LogP contribution is 2.58. The smallest absolute Gasteiger partial charge is 0.382 e. The van der Waals surface area contributed by atoms with E-state index in [2.05, 4.69) is 11.8 Å². The van der Waals surface area contributed by atoms with Gasteiger partial charge in [0, 0.05) is 11.1 Å². The third-order valence-electron chi connectivity index (χ3n) is 4.98. The number of allylic oxidation sites excluding steroid dienone is 2. The Morgan fingerprint density at radius 1 is 0.571 bits per heavy atom. The van der Waals surface area contributed by atoms with E-state index in [-0.39, 0.29) is 11.1 Å². The Hall–Kier alpha value is -3.52. The van der Waals surface area contributed by atoms with Gasteiger partial charge >= 0.3 is 17.8 Å². The zero-order chi connectivity index (χ0) is 25.7. The van der Waals surface area contributed by atoms with E-state index in [1.54, 1.807) is 0 Å². The molecular formula is C27H22F6O2. The van der Waals surface area contributed by atoms with Crippen LogP contribution in [0.25, 0.3) is 0 Å². The molecule has 0 atom stereocenters. The van der Waals surface area contributed by atoms with Crippen molar-refractivity contribution in [2.45, 2.75) is 44.5 Å². The summed E-state index contributed by atoms with van der Waals surface area (Å²) >= 11 is 0. The van der Waals surface area contributed by atoms with Crippen LogP contribution in [0.4, 0.5) is 26.3 Å². The van der Waals surface area contributed by atoms with Crippen molar-refractivity contribution in [1.82, 2.24) is 0 Å². The van der Waals surface area contributed by atoms with E-state index in [0.29, 0.717) is 24.7 Å². The van der Waals surface area contributed by atoms with Gasteiger partial charge in [-0.1, -0.05) is 37.5 Å². The standard InChI is InChI=1S/C27H22F6O2/c1-3-17-34-21-11-5-19(6-12-21)9-15-23-24(26(30,31)27(32,33)25(23,28)29)16-10-20-7-13-22(14-8-20)35-18-4-2/h5-8,11-14H,3-4,17-18H2,1-2H3. The average Bonchev–Trinajstić information content (AvgIpc) is 2.93. The first-order chi connectivity index (χ1) is 16.5. The van der Waals surface area contributed by atoms with Gasteiger partial charge in [-0.15, -0.1) is 0 Å². The molecule has 0 saturated carbocycles. The Morgan fingerprint density at radius 2 is 0.914 bits per heavy atom. The van der Waals surface area contributed by atoms with Crippen LogP contribution < -0.4 is 9.47 Å². The largest absolute Gasteiger partial charge is 0.494 e. The van der Waals surface area contributed by atoms with E-state index < -0.39 is 28.9 Å². The summed E-state index contributed by atoms with van der Waals surface area (Å²) in [7, 11) is 0. The fourth-order valence-corrected chi connectivity index (χ4v) is 3.09. The molecule has 3 rings (SSSR count). The van der Waals surface area contributed by atoms with E-state index in [4.69, 9.17) is 9.47 Å². The number of ether oxygens (including phenoxy) is 2. The summed E-state index contributed by atoms with van der Waals surface area (Å²) in [5, 5.41) is 0.